The molecule has 0 atom stereocenters. The smallest absolute Gasteiger partial charge is 0.290 e. The van der Waals surface area contributed by atoms with Crippen molar-refractivity contribution in [3.63, 3.8) is 0 Å². The SMILES string of the molecule is COc1ccc(CCn2oc3ccc(S(=O)(=O)N4CCCCCC4)cc3c2=O)cc1OC. The summed E-state index contributed by atoms with van der Waals surface area (Å²) < 4.78 is 45.2. The van der Waals surface area contributed by atoms with Crippen LogP contribution in [0.25, 0.3) is 11.0 Å². The van der Waals surface area contributed by atoms with Gasteiger partial charge in [-0.3, -0.25) is 4.79 Å². The third kappa shape index (κ3) is 4.40. The molecule has 0 unspecified atom stereocenters. The first-order valence-corrected chi connectivity index (χ1v) is 12.2. The summed E-state index contributed by atoms with van der Waals surface area (Å²) in [4.78, 5) is 13.0. The van der Waals surface area contributed by atoms with Crippen molar-refractivity contribution < 1.29 is 22.4 Å². The molecule has 9 heteroatoms. The molecule has 0 amide bonds. The third-order valence-electron chi connectivity index (χ3n) is 5.87. The van der Waals surface area contributed by atoms with Crippen molar-refractivity contribution in [1.82, 2.24) is 9.05 Å². The maximum absolute atomic E-state index is 13.1. The second kappa shape index (κ2) is 9.38. The van der Waals surface area contributed by atoms with E-state index in [0.717, 1.165) is 31.2 Å². The normalized spacial score (nSPS) is 15.6. The lowest BCUT2D eigenvalue weighted by Crippen LogP contribution is -2.32. The van der Waals surface area contributed by atoms with Crippen LogP contribution in [0.15, 0.2) is 50.6 Å². The standard InChI is InChI=1S/C23H28N2O6S/c1-29-21-9-7-17(15-22(21)30-2)11-14-25-23(26)19-16-18(8-10-20(19)31-25)32(27,28)24-12-5-3-4-6-13-24/h7-10,15-16H,3-6,11-14H2,1-2H3. The average molecular weight is 461 g/mol. The summed E-state index contributed by atoms with van der Waals surface area (Å²) in [6.07, 6.45) is 4.33. The van der Waals surface area contributed by atoms with Crippen molar-refractivity contribution in [2.24, 2.45) is 0 Å². The first-order chi connectivity index (χ1) is 15.4. The molecule has 1 saturated heterocycles. The van der Waals surface area contributed by atoms with Crippen molar-refractivity contribution in [2.45, 2.75) is 43.5 Å². The van der Waals surface area contributed by atoms with Crippen LogP contribution in [0.5, 0.6) is 11.5 Å². The number of benzene rings is 2. The number of rotatable bonds is 7. The monoisotopic (exact) mass is 460 g/mol. The molecule has 0 spiro atoms. The van der Waals surface area contributed by atoms with Crippen LogP contribution in [0.3, 0.4) is 0 Å². The van der Waals surface area contributed by atoms with Crippen molar-refractivity contribution in [3.8, 4) is 11.5 Å². The zero-order valence-electron chi connectivity index (χ0n) is 18.4. The van der Waals surface area contributed by atoms with Gasteiger partial charge in [-0.1, -0.05) is 18.9 Å². The van der Waals surface area contributed by atoms with Gasteiger partial charge < -0.3 is 14.0 Å². The number of fused-ring (bicyclic) bond motifs is 1. The molecule has 1 aromatic heterocycles. The van der Waals surface area contributed by atoms with Crippen LogP contribution < -0.4 is 15.0 Å². The summed E-state index contributed by atoms with van der Waals surface area (Å²) in [6, 6.07) is 10.1. The molecule has 4 rings (SSSR count). The van der Waals surface area contributed by atoms with E-state index >= 15 is 0 Å². The van der Waals surface area contributed by atoms with Crippen LogP contribution in [-0.4, -0.2) is 44.8 Å². The molecule has 2 aromatic carbocycles. The van der Waals surface area contributed by atoms with E-state index in [1.165, 1.54) is 21.2 Å². The van der Waals surface area contributed by atoms with Crippen LogP contribution in [0.1, 0.15) is 31.2 Å². The Morgan fingerprint density at radius 2 is 1.66 bits per heavy atom. The van der Waals surface area contributed by atoms with Crippen molar-refractivity contribution in [3.05, 3.63) is 52.3 Å². The minimum Gasteiger partial charge on any atom is -0.493 e. The average Bonchev–Trinajstić information content (AvgIpc) is 2.98. The summed E-state index contributed by atoms with van der Waals surface area (Å²) >= 11 is 0. The summed E-state index contributed by atoms with van der Waals surface area (Å²) in [7, 11) is -0.488. The molecule has 8 nitrogen and oxygen atoms in total. The fraction of sp³-hybridized carbons (Fsp3) is 0.435. The van der Waals surface area contributed by atoms with Crippen molar-refractivity contribution in [1.29, 1.82) is 0 Å². The highest BCUT2D eigenvalue weighted by Gasteiger charge is 2.26. The van der Waals surface area contributed by atoms with Gasteiger partial charge in [0.15, 0.2) is 17.1 Å². The number of aryl methyl sites for hydroxylation is 2. The summed E-state index contributed by atoms with van der Waals surface area (Å²) in [5, 5.41) is 0.271. The van der Waals surface area contributed by atoms with Crippen molar-refractivity contribution >= 4 is 21.0 Å². The number of methoxy groups -OCH3 is 2. The van der Waals surface area contributed by atoms with Crippen molar-refractivity contribution in [2.75, 3.05) is 27.3 Å². The number of sulfonamides is 1. The Hall–Kier alpha value is -2.78. The summed E-state index contributed by atoms with van der Waals surface area (Å²) in [5.74, 6) is 1.25. The largest absolute Gasteiger partial charge is 0.493 e. The minimum absolute atomic E-state index is 0.136. The van der Waals surface area contributed by atoms with Gasteiger partial charge >= 0.3 is 0 Å². The van der Waals surface area contributed by atoms with Gasteiger partial charge in [0.05, 0.1) is 31.0 Å². The molecule has 172 valence electrons. The van der Waals surface area contributed by atoms with Gasteiger partial charge in [-0.05, 0) is 55.2 Å². The van der Waals surface area contributed by atoms with Gasteiger partial charge in [0, 0.05) is 13.1 Å². The van der Waals surface area contributed by atoms with Gasteiger partial charge in [-0.15, -0.1) is 0 Å². The van der Waals surface area contributed by atoms with E-state index < -0.39 is 10.0 Å². The van der Waals surface area contributed by atoms with Crippen LogP contribution in [0.4, 0.5) is 0 Å². The fourth-order valence-electron chi connectivity index (χ4n) is 4.06. The van der Waals surface area contributed by atoms with Gasteiger partial charge in [0.25, 0.3) is 5.56 Å². The Labute approximate surface area is 187 Å². The van der Waals surface area contributed by atoms with Gasteiger partial charge in [-0.25, -0.2) is 8.42 Å². The Kier molecular flexibility index (Phi) is 6.57. The molecular formula is C23H28N2O6S. The van der Waals surface area contributed by atoms with E-state index in [-0.39, 0.29) is 15.8 Å². The molecule has 0 saturated carbocycles. The lowest BCUT2D eigenvalue weighted by atomic mass is 10.1. The molecule has 1 fully saturated rings. The zero-order valence-corrected chi connectivity index (χ0v) is 19.2. The van der Waals surface area contributed by atoms with Crippen LogP contribution in [-0.2, 0) is 23.0 Å². The summed E-state index contributed by atoms with van der Waals surface area (Å²) in [5.41, 5.74) is 0.991. The molecule has 0 N–H and O–H groups in total. The summed E-state index contributed by atoms with van der Waals surface area (Å²) in [6.45, 7) is 1.35. The number of hydrogen-bond acceptors (Lipinski definition) is 6. The lowest BCUT2D eigenvalue weighted by molar-refractivity contribution is 0.283. The molecule has 2 heterocycles. The molecular weight excluding hydrogens is 432 g/mol. The maximum Gasteiger partial charge on any atom is 0.290 e. The van der Waals surface area contributed by atoms with E-state index in [4.69, 9.17) is 14.0 Å². The number of aromatic nitrogens is 1. The number of hydrogen-bond donors (Lipinski definition) is 0. The first kappa shape index (κ1) is 22.4. The zero-order chi connectivity index (χ0) is 22.7. The molecule has 32 heavy (non-hydrogen) atoms. The van der Waals surface area contributed by atoms with Gasteiger partial charge in [0.2, 0.25) is 10.0 Å². The number of nitrogens with zero attached hydrogens (tertiary/aromatic N) is 2. The predicted molar refractivity (Wildman–Crippen MR) is 121 cm³/mol. The van der Waals surface area contributed by atoms with Crippen LogP contribution in [0.2, 0.25) is 0 Å². The predicted octanol–water partition coefficient (Wildman–Crippen LogP) is 3.42. The Morgan fingerprint density at radius 1 is 0.938 bits per heavy atom. The quantitative estimate of drug-likeness (QED) is 0.537. The highest BCUT2D eigenvalue weighted by Crippen LogP contribution is 2.28. The van der Waals surface area contributed by atoms with E-state index in [1.54, 1.807) is 20.3 Å². The van der Waals surface area contributed by atoms with Crippen LogP contribution in [0, 0.1) is 0 Å². The molecule has 0 bridgehead atoms. The highest BCUT2D eigenvalue weighted by atomic mass is 32.2. The Morgan fingerprint density at radius 3 is 2.34 bits per heavy atom. The number of ether oxygens (including phenoxy) is 2. The van der Waals surface area contributed by atoms with E-state index in [9.17, 15) is 13.2 Å². The van der Waals surface area contributed by atoms with Gasteiger partial charge in [0.1, 0.15) is 0 Å². The second-order valence-electron chi connectivity index (χ2n) is 7.91. The van der Waals surface area contributed by atoms with Crippen LogP contribution >= 0.6 is 0 Å². The maximum atomic E-state index is 13.1. The molecule has 1 aliphatic rings. The Bertz CT molecular complexity index is 1250. The lowest BCUT2D eigenvalue weighted by Gasteiger charge is -2.19. The fourth-order valence-corrected chi connectivity index (χ4v) is 5.60. The molecule has 1 aliphatic heterocycles. The van der Waals surface area contributed by atoms with Gasteiger partial charge in [-0.2, -0.15) is 9.05 Å². The Balaban J connectivity index is 1.57. The minimum atomic E-state index is -3.64. The van der Waals surface area contributed by atoms with E-state index in [0.29, 0.717) is 43.1 Å². The molecule has 0 aliphatic carbocycles. The van der Waals surface area contributed by atoms with E-state index in [1.807, 2.05) is 18.2 Å². The topological polar surface area (TPSA) is 91.0 Å². The second-order valence-corrected chi connectivity index (χ2v) is 9.85. The highest BCUT2D eigenvalue weighted by molar-refractivity contribution is 7.89. The molecule has 3 aromatic rings. The first-order valence-electron chi connectivity index (χ1n) is 10.8. The third-order valence-corrected chi connectivity index (χ3v) is 7.77. The van der Waals surface area contributed by atoms with E-state index in [2.05, 4.69) is 0 Å². The molecule has 0 radical (unpaired) electrons.